The van der Waals surface area contributed by atoms with E-state index in [4.69, 9.17) is 18.9 Å². The number of fused-ring (bicyclic) bond motifs is 1. The van der Waals surface area contributed by atoms with E-state index in [1.54, 1.807) is 24.3 Å². The van der Waals surface area contributed by atoms with E-state index in [0.717, 1.165) is 5.56 Å². The molecular weight excluding hydrogens is 659 g/mol. The molecule has 2 aliphatic rings. The van der Waals surface area contributed by atoms with Gasteiger partial charge in [-0.3, -0.25) is 14.4 Å². The van der Waals surface area contributed by atoms with Crippen molar-refractivity contribution in [1.29, 1.82) is 0 Å². The number of nitrogens with zero attached hydrogens (tertiary/aromatic N) is 1. The molecule has 0 saturated carbocycles. The molecule has 12 heteroatoms. The Bertz CT molecular complexity index is 1380. The van der Waals surface area contributed by atoms with Gasteiger partial charge in [0, 0.05) is 30.6 Å². The summed E-state index contributed by atoms with van der Waals surface area (Å²) in [6, 6.07) is 7.61. The lowest BCUT2D eigenvalue weighted by molar-refractivity contribution is -0.134. The second-order valence-electron chi connectivity index (χ2n) is 9.63. The molecule has 224 valence electrons. The van der Waals surface area contributed by atoms with Gasteiger partial charge in [0.1, 0.15) is 18.5 Å². The van der Waals surface area contributed by atoms with Crippen molar-refractivity contribution in [1.82, 2.24) is 10.2 Å². The number of aldehydes is 1. The fourth-order valence-corrected chi connectivity index (χ4v) is 5.50. The van der Waals surface area contributed by atoms with Crippen LogP contribution in [0.25, 0.3) is 0 Å². The van der Waals surface area contributed by atoms with Gasteiger partial charge < -0.3 is 39.4 Å². The van der Waals surface area contributed by atoms with E-state index in [2.05, 4.69) is 5.32 Å². The highest BCUT2D eigenvalue weighted by atomic mass is 127. The Morgan fingerprint density at radius 3 is 2.71 bits per heavy atom. The van der Waals surface area contributed by atoms with Crippen LogP contribution in [0.1, 0.15) is 35.7 Å². The quantitative estimate of drug-likeness (QED) is 0.174. The van der Waals surface area contributed by atoms with E-state index < -0.39 is 24.2 Å². The molecule has 0 unspecified atom stereocenters. The van der Waals surface area contributed by atoms with E-state index in [1.165, 1.54) is 30.2 Å². The van der Waals surface area contributed by atoms with Gasteiger partial charge in [0.15, 0.2) is 23.0 Å². The summed E-state index contributed by atoms with van der Waals surface area (Å²) in [6.07, 6.45) is 3.73. The first kappa shape index (κ1) is 31.3. The maximum Gasteiger partial charge on any atom is 0.247 e. The van der Waals surface area contributed by atoms with Crippen LogP contribution in [0, 0.1) is 3.57 Å². The molecule has 1 aliphatic carbocycles. The van der Waals surface area contributed by atoms with Crippen molar-refractivity contribution in [3.8, 4) is 23.0 Å². The van der Waals surface area contributed by atoms with Gasteiger partial charge in [0.2, 0.25) is 18.6 Å². The molecular formula is C30H33IN2O9. The molecule has 2 amide bonds. The monoisotopic (exact) mass is 692 g/mol. The third kappa shape index (κ3) is 7.23. The second-order valence-corrected chi connectivity index (χ2v) is 10.8. The predicted molar refractivity (Wildman–Crippen MR) is 161 cm³/mol. The molecule has 0 fully saturated rings. The number of hydrogen-bond donors (Lipinski definition) is 3. The van der Waals surface area contributed by atoms with Crippen LogP contribution in [0.2, 0.25) is 0 Å². The van der Waals surface area contributed by atoms with Crippen molar-refractivity contribution in [3.63, 3.8) is 0 Å². The van der Waals surface area contributed by atoms with Crippen LogP contribution >= 0.6 is 22.6 Å². The number of carbonyl (C=O) groups is 3. The van der Waals surface area contributed by atoms with Crippen molar-refractivity contribution >= 4 is 40.7 Å². The number of aliphatic hydroxyl groups excluding tert-OH is 2. The average Bonchev–Trinajstić information content (AvgIpc) is 3.47. The van der Waals surface area contributed by atoms with E-state index in [9.17, 15) is 24.6 Å². The third-order valence-corrected chi connectivity index (χ3v) is 7.63. The molecule has 1 heterocycles. The largest absolute Gasteiger partial charge is 0.493 e. The van der Waals surface area contributed by atoms with Gasteiger partial charge in [-0.2, -0.15) is 0 Å². The SMILES string of the molecule is CCC=CC(=O)N(Cc1ccc2c(c1)OCO2)[C@@H]1CC(C(=O)NCCO)=C[C@H](Oc2c(I)cc(C=O)cc2OC)[C@H]1O. The first-order chi connectivity index (χ1) is 20.3. The summed E-state index contributed by atoms with van der Waals surface area (Å²) in [6.45, 7) is 1.90. The summed E-state index contributed by atoms with van der Waals surface area (Å²) in [4.78, 5) is 39.5. The van der Waals surface area contributed by atoms with E-state index in [-0.39, 0.29) is 55.9 Å². The number of methoxy groups -OCH3 is 1. The Labute approximate surface area is 257 Å². The summed E-state index contributed by atoms with van der Waals surface area (Å²) < 4.78 is 23.2. The van der Waals surface area contributed by atoms with Crippen LogP contribution < -0.4 is 24.3 Å². The van der Waals surface area contributed by atoms with Crippen LogP contribution in [0.5, 0.6) is 23.0 Å². The Hall–Kier alpha value is -3.62. The van der Waals surface area contributed by atoms with E-state index >= 15 is 0 Å². The lowest BCUT2D eigenvalue weighted by Crippen LogP contribution is -2.54. The molecule has 42 heavy (non-hydrogen) atoms. The van der Waals surface area contributed by atoms with Crippen molar-refractivity contribution in [3.05, 3.63) is 68.8 Å². The Balaban J connectivity index is 1.73. The standard InChI is InChI=1S/C30H33IN2O9/c1-3-4-5-27(36)33(15-18-6-7-23-24(11-18)41-17-40-23)22-13-20(30(38)32-8-9-34)14-25(28(22)37)42-29-21(31)10-19(16-35)12-26(29)39-2/h4-7,10-12,14,16,22,25,28,34,37H,3,8-9,13,15,17H2,1-2H3,(H,32,38)/t22-,25+,28+/m1/s1. The number of halogens is 1. The molecule has 0 radical (unpaired) electrons. The molecule has 2 aromatic rings. The third-order valence-electron chi connectivity index (χ3n) is 6.83. The topological polar surface area (TPSA) is 144 Å². The summed E-state index contributed by atoms with van der Waals surface area (Å²) in [7, 11) is 1.43. The minimum Gasteiger partial charge on any atom is -0.493 e. The van der Waals surface area contributed by atoms with Crippen LogP contribution in [0.4, 0.5) is 0 Å². The predicted octanol–water partition coefficient (Wildman–Crippen LogP) is 2.75. The molecule has 0 aromatic heterocycles. The van der Waals surface area contributed by atoms with Crippen molar-refractivity contribution in [2.75, 3.05) is 27.1 Å². The molecule has 0 spiro atoms. The number of benzene rings is 2. The maximum absolute atomic E-state index is 13.5. The summed E-state index contributed by atoms with van der Waals surface area (Å²) >= 11 is 2.00. The highest BCUT2D eigenvalue weighted by Crippen LogP contribution is 2.38. The summed E-state index contributed by atoms with van der Waals surface area (Å²) in [5.74, 6) is 0.905. The number of hydrogen-bond acceptors (Lipinski definition) is 9. The van der Waals surface area contributed by atoms with E-state index in [0.29, 0.717) is 33.3 Å². The zero-order valence-electron chi connectivity index (χ0n) is 23.2. The summed E-state index contributed by atoms with van der Waals surface area (Å²) in [5.41, 5.74) is 1.40. The average molecular weight is 693 g/mol. The molecule has 2 aromatic carbocycles. The van der Waals surface area contributed by atoms with Crippen molar-refractivity contribution in [2.24, 2.45) is 0 Å². The molecule has 0 bridgehead atoms. The molecule has 11 nitrogen and oxygen atoms in total. The highest BCUT2D eigenvalue weighted by molar-refractivity contribution is 14.1. The Kier molecular flexibility index (Phi) is 10.8. The first-order valence-corrected chi connectivity index (χ1v) is 14.5. The molecule has 3 N–H and O–H groups in total. The minimum atomic E-state index is -1.25. The first-order valence-electron chi connectivity index (χ1n) is 13.4. The molecule has 3 atom stereocenters. The van der Waals surface area contributed by atoms with Crippen LogP contribution in [0.3, 0.4) is 0 Å². The fraction of sp³-hybridized carbons (Fsp3) is 0.367. The second kappa shape index (κ2) is 14.5. The number of carbonyl (C=O) groups excluding carboxylic acids is 3. The lowest BCUT2D eigenvalue weighted by Gasteiger charge is -2.40. The smallest absolute Gasteiger partial charge is 0.247 e. The number of rotatable bonds is 12. The molecule has 4 rings (SSSR count). The van der Waals surface area contributed by atoms with Crippen molar-refractivity contribution < 1.29 is 43.5 Å². The van der Waals surface area contributed by atoms with Gasteiger partial charge >= 0.3 is 0 Å². The van der Waals surface area contributed by atoms with Gasteiger partial charge in [0.05, 0.1) is 23.3 Å². The lowest BCUT2D eigenvalue weighted by atomic mass is 9.87. The number of amides is 2. The number of allylic oxidation sites excluding steroid dienone is 1. The van der Waals surface area contributed by atoms with Gasteiger partial charge in [-0.1, -0.05) is 19.1 Å². The number of ether oxygens (including phenoxy) is 4. The number of nitrogens with one attached hydrogen (secondary N) is 1. The fourth-order valence-electron chi connectivity index (χ4n) is 4.75. The zero-order chi connectivity index (χ0) is 30.2. The highest BCUT2D eigenvalue weighted by Gasteiger charge is 2.40. The summed E-state index contributed by atoms with van der Waals surface area (Å²) in [5, 5.41) is 23.6. The zero-order valence-corrected chi connectivity index (χ0v) is 25.4. The molecule has 0 saturated heterocycles. The van der Waals surface area contributed by atoms with Gasteiger partial charge in [-0.25, -0.2) is 0 Å². The maximum atomic E-state index is 13.5. The Morgan fingerprint density at radius 1 is 1.21 bits per heavy atom. The molecule has 1 aliphatic heterocycles. The van der Waals surface area contributed by atoms with Crippen molar-refractivity contribution in [2.45, 2.75) is 44.6 Å². The van der Waals surface area contributed by atoms with E-state index in [1.807, 2.05) is 35.6 Å². The minimum absolute atomic E-state index is 0.0346. The Morgan fingerprint density at radius 2 is 2.00 bits per heavy atom. The van der Waals surface area contributed by atoms with Crippen LogP contribution in [-0.2, 0) is 16.1 Å². The van der Waals surface area contributed by atoms with Gasteiger partial charge in [0.25, 0.3) is 0 Å². The van der Waals surface area contributed by atoms with Gasteiger partial charge in [-0.05, 0) is 71.0 Å². The van der Waals surface area contributed by atoms with Crippen LogP contribution in [0.15, 0.2) is 54.1 Å². The normalized spacial score (nSPS) is 19.3. The van der Waals surface area contributed by atoms with Gasteiger partial charge in [-0.15, -0.1) is 0 Å². The number of aliphatic hydroxyl groups is 2. The van der Waals surface area contributed by atoms with Crippen LogP contribution in [-0.4, -0.2) is 78.5 Å².